The predicted molar refractivity (Wildman–Crippen MR) is 52.2 cm³/mol. The highest BCUT2D eigenvalue weighted by Gasteiger charge is 2.09. The van der Waals surface area contributed by atoms with Gasteiger partial charge in [0.05, 0.1) is 11.8 Å². The van der Waals surface area contributed by atoms with E-state index in [0.717, 1.165) is 17.7 Å². The lowest BCUT2D eigenvalue weighted by Gasteiger charge is -2.06. The third-order valence-corrected chi connectivity index (χ3v) is 1.92. The van der Waals surface area contributed by atoms with E-state index in [2.05, 4.69) is 11.7 Å². The summed E-state index contributed by atoms with van der Waals surface area (Å²) in [5.74, 6) is 0. The van der Waals surface area contributed by atoms with E-state index in [1.54, 1.807) is 4.68 Å². The van der Waals surface area contributed by atoms with Crippen LogP contribution in [-0.4, -0.2) is 14.9 Å². The summed E-state index contributed by atoms with van der Waals surface area (Å²) in [6.45, 7) is 5.75. The number of aromatic nitrogens is 2. The van der Waals surface area contributed by atoms with Crippen LogP contribution >= 0.6 is 0 Å². The summed E-state index contributed by atoms with van der Waals surface area (Å²) in [4.78, 5) is 0. The maximum Gasteiger partial charge on any atom is 0.0981 e. The highest BCUT2D eigenvalue weighted by molar-refractivity contribution is 5.03. The quantitative estimate of drug-likeness (QED) is 0.717. The van der Waals surface area contributed by atoms with Gasteiger partial charge in [-0.05, 0) is 25.8 Å². The summed E-state index contributed by atoms with van der Waals surface area (Å²) in [6, 6.07) is 1.84. The maximum absolute atomic E-state index is 9.67. The van der Waals surface area contributed by atoms with E-state index in [9.17, 15) is 5.11 Å². The Bertz CT molecular complexity index is 291. The Balaban J connectivity index is 2.48. The first-order valence-corrected chi connectivity index (χ1v) is 4.41. The molecular weight excluding hydrogens is 164 g/mol. The van der Waals surface area contributed by atoms with Gasteiger partial charge in [-0.1, -0.05) is 5.57 Å². The summed E-state index contributed by atoms with van der Waals surface area (Å²) in [5, 5.41) is 13.8. The third-order valence-electron chi connectivity index (χ3n) is 1.92. The van der Waals surface area contributed by atoms with Crippen molar-refractivity contribution in [1.29, 1.82) is 0 Å². The molecule has 0 aromatic carbocycles. The van der Waals surface area contributed by atoms with Gasteiger partial charge in [-0.3, -0.25) is 4.68 Å². The first kappa shape index (κ1) is 9.99. The van der Waals surface area contributed by atoms with Crippen molar-refractivity contribution in [2.45, 2.75) is 25.9 Å². The van der Waals surface area contributed by atoms with E-state index in [4.69, 9.17) is 0 Å². The van der Waals surface area contributed by atoms with Gasteiger partial charge >= 0.3 is 0 Å². The molecule has 1 unspecified atom stereocenters. The number of hydrogen-bond acceptors (Lipinski definition) is 2. The fourth-order valence-electron chi connectivity index (χ4n) is 1.14. The fraction of sp³-hybridized carbons (Fsp3) is 0.500. The number of aryl methyl sites for hydroxylation is 1. The van der Waals surface area contributed by atoms with Crippen LogP contribution in [0.2, 0.25) is 0 Å². The van der Waals surface area contributed by atoms with E-state index in [1.165, 1.54) is 0 Å². The number of hydrogen-bond donors (Lipinski definition) is 1. The van der Waals surface area contributed by atoms with Gasteiger partial charge in [0.1, 0.15) is 0 Å². The number of aliphatic hydroxyl groups excluding tert-OH is 1. The molecule has 3 nitrogen and oxygen atoms in total. The molecule has 1 atom stereocenters. The molecule has 1 aromatic rings. The van der Waals surface area contributed by atoms with Gasteiger partial charge in [0.15, 0.2) is 0 Å². The van der Waals surface area contributed by atoms with Crippen LogP contribution in [0, 0.1) is 0 Å². The van der Waals surface area contributed by atoms with Crippen molar-refractivity contribution in [3.05, 3.63) is 30.1 Å². The molecule has 0 fully saturated rings. The molecule has 0 saturated carbocycles. The van der Waals surface area contributed by atoms with Crippen molar-refractivity contribution in [3.8, 4) is 0 Å². The van der Waals surface area contributed by atoms with Crippen LogP contribution in [0.15, 0.2) is 24.4 Å². The lowest BCUT2D eigenvalue weighted by Crippen LogP contribution is -2.00. The number of nitrogens with zero attached hydrogens (tertiary/aromatic N) is 2. The predicted octanol–water partition coefficient (Wildman–Crippen LogP) is 1.81. The molecule has 1 N–H and O–H groups in total. The standard InChI is InChI=1S/C10H16N2O/c1-8(2)4-5-10(13)9-6-7-12(3)11-9/h6-7,10,13H,1,4-5H2,2-3H3. The SMILES string of the molecule is C=C(C)CCC(O)c1ccn(C)n1. The van der Waals surface area contributed by atoms with Gasteiger partial charge in [0.25, 0.3) is 0 Å². The van der Waals surface area contributed by atoms with Gasteiger partial charge in [-0.2, -0.15) is 5.10 Å². The third kappa shape index (κ3) is 3.03. The molecule has 0 bridgehead atoms. The van der Waals surface area contributed by atoms with Crippen molar-refractivity contribution >= 4 is 0 Å². The Hall–Kier alpha value is -1.09. The van der Waals surface area contributed by atoms with Gasteiger partial charge < -0.3 is 5.11 Å². The fourth-order valence-corrected chi connectivity index (χ4v) is 1.14. The maximum atomic E-state index is 9.67. The number of rotatable bonds is 4. The zero-order chi connectivity index (χ0) is 9.84. The van der Waals surface area contributed by atoms with E-state index >= 15 is 0 Å². The summed E-state index contributed by atoms with van der Waals surface area (Å²) < 4.78 is 1.69. The number of aliphatic hydroxyl groups is 1. The van der Waals surface area contributed by atoms with E-state index in [-0.39, 0.29) is 0 Å². The summed E-state index contributed by atoms with van der Waals surface area (Å²) in [7, 11) is 1.84. The molecule has 0 amide bonds. The Kier molecular flexibility index (Phi) is 3.25. The minimum atomic E-state index is -0.460. The summed E-state index contributed by atoms with van der Waals surface area (Å²) in [5.41, 5.74) is 1.83. The second kappa shape index (κ2) is 4.23. The minimum absolute atomic E-state index is 0.460. The second-order valence-electron chi connectivity index (χ2n) is 3.43. The molecule has 72 valence electrons. The van der Waals surface area contributed by atoms with Crippen LogP contribution in [0.5, 0.6) is 0 Å². The Morgan fingerprint density at radius 1 is 1.77 bits per heavy atom. The van der Waals surface area contributed by atoms with E-state index < -0.39 is 6.10 Å². The first-order chi connectivity index (χ1) is 6.09. The molecule has 0 aliphatic rings. The molecule has 3 heteroatoms. The molecule has 0 spiro atoms. The Morgan fingerprint density at radius 3 is 2.92 bits per heavy atom. The van der Waals surface area contributed by atoms with E-state index in [1.807, 2.05) is 26.2 Å². The smallest absolute Gasteiger partial charge is 0.0981 e. The number of allylic oxidation sites excluding steroid dienone is 1. The molecule has 13 heavy (non-hydrogen) atoms. The normalized spacial score (nSPS) is 12.8. The van der Waals surface area contributed by atoms with Crippen molar-refractivity contribution in [1.82, 2.24) is 9.78 Å². The van der Waals surface area contributed by atoms with Crippen LogP contribution in [0.3, 0.4) is 0 Å². The molecule has 1 rings (SSSR count). The zero-order valence-electron chi connectivity index (χ0n) is 8.20. The minimum Gasteiger partial charge on any atom is -0.387 e. The molecule has 0 radical (unpaired) electrons. The van der Waals surface area contributed by atoms with Crippen LogP contribution in [-0.2, 0) is 7.05 Å². The summed E-state index contributed by atoms with van der Waals surface area (Å²) >= 11 is 0. The van der Waals surface area contributed by atoms with Crippen molar-refractivity contribution in [2.24, 2.45) is 7.05 Å². The molecule has 0 saturated heterocycles. The van der Waals surface area contributed by atoms with Crippen molar-refractivity contribution in [2.75, 3.05) is 0 Å². The second-order valence-corrected chi connectivity index (χ2v) is 3.43. The topological polar surface area (TPSA) is 38.0 Å². The van der Waals surface area contributed by atoms with Crippen LogP contribution in [0.1, 0.15) is 31.6 Å². The molecule has 1 aromatic heterocycles. The lowest BCUT2D eigenvalue weighted by atomic mass is 10.1. The molecule has 0 aliphatic carbocycles. The molecule has 0 aliphatic heterocycles. The van der Waals surface area contributed by atoms with Crippen LogP contribution in [0.25, 0.3) is 0 Å². The summed E-state index contributed by atoms with van der Waals surface area (Å²) in [6.07, 6.45) is 2.92. The highest BCUT2D eigenvalue weighted by atomic mass is 16.3. The zero-order valence-corrected chi connectivity index (χ0v) is 8.20. The van der Waals surface area contributed by atoms with Crippen LogP contribution < -0.4 is 0 Å². The van der Waals surface area contributed by atoms with Gasteiger partial charge in [0, 0.05) is 13.2 Å². The molecular formula is C10H16N2O. The van der Waals surface area contributed by atoms with E-state index in [0.29, 0.717) is 6.42 Å². The average Bonchev–Trinajstić information content (AvgIpc) is 2.47. The van der Waals surface area contributed by atoms with Crippen LogP contribution in [0.4, 0.5) is 0 Å². The van der Waals surface area contributed by atoms with Gasteiger partial charge in [-0.15, -0.1) is 6.58 Å². The largest absolute Gasteiger partial charge is 0.387 e. The Labute approximate surface area is 78.7 Å². The first-order valence-electron chi connectivity index (χ1n) is 4.41. The van der Waals surface area contributed by atoms with Crippen molar-refractivity contribution in [3.63, 3.8) is 0 Å². The van der Waals surface area contributed by atoms with Gasteiger partial charge in [0.2, 0.25) is 0 Å². The average molecular weight is 180 g/mol. The highest BCUT2D eigenvalue weighted by Crippen LogP contribution is 2.17. The van der Waals surface area contributed by atoms with Crippen molar-refractivity contribution < 1.29 is 5.11 Å². The lowest BCUT2D eigenvalue weighted by molar-refractivity contribution is 0.162. The van der Waals surface area contributed by atoms with Gasteiger partial charge in [-0.25, -0.2) is 0 Å². The Morgan fingerprint density at radius 2 is 2.46 bits per heavy atom. The molecule has 1 heterocycles. The monoisotopic (exact) mass is 180 g/mol.